The van der Waals surface area contributed by atoms with E-state index in [1.165, 1.54) is 38.1 Å². The van der Waals surface area contributed by atoms with Gasteiger partial charge in [-0.15, -0.1) is 0 Å². The van der Waals surface area contributed by atoms with Crippen molar-refractivity contribution in [2.24, 2.45) is 0 Å². The van der Waals surface area contributed by atoms with Gasteiger partial charge in [-0.05, 0) is 24.3 Å². The molecule has 0 spiro atoms. The van der Waals surface area contributed by atoms with Crippen LogP contribution >= 0.6 is 0 Å². The molecule has 0 unspecified atom stereocenters. The number of aldehydes is 1. The molecule has 5 atom stereocenters. The summed E-state index contributed by atoms with van der Waals surface area (Å²) in [6, 6.07) is 4.97. The number of hydrogen-bond acceptors (Lipinski definition) is 10. The van der Waals surface area contributed by atoms with Crippen LogP contribution in [0.15, 0.2) is 24.3 Å². The Morgan fingerprint density at radius 3 is 2.03 bits per heavy atom. The van der Waals surface area contributed by atoms with E-state index >= 15 is 0 Å². The average Bonchev–Trinajstić information content (AvgIpc) is 2.70. The van der Waals surface area contributed by atoms with Crippen molar-refractivity contribution in [3.63, 3.8) is 0 Å². The standard InChI is InChI=1S/C21H25NO10/c1-11(24)22-18-20(30-14(4)27)19(29-13(3)26)17(10-28-12(2)25)32-21(18)31-16-7-5-15(9-23)6-8-16/h5-9,17-21H,10H2,1-4H3,(H,22,24)/t17-,18-,19-,20-,21-/m0/s1. The summed E-state index contributed by atoms with van der Waals surface area (Å²) in [5, 5.41) is 2.60. The van der Waals surface area contributed by atoms with Gasteiger partial charge in [0, 0.05) is 33.3 Å². The summed E-state index contributed by atoms with van der Waals surface area (Å²) in [7, 11) is 0. The summed E-state index contributed by atoms with van der Waals surface area (Å²) < 4.78 is 27.4. The monoisotopic (exact) mass is 451 g/mol. The van der Waals surface area contributed by atoms with Crippen molar-refractivity contribution < 1.29 is 47.7 Å². The third-order valence-electron chi connectivity index (χ3n) is 4.34. The molecule has 0 radical (unpaired) electrons. The first-order chi connectivity index (χ1) is 15.1. The average molecular weight is 451 g/mol. The van der Waals surface area contributed by atoms with Gasteiger partial charge in [0.15, 0.2) is 12.2 Å². The minimum Gasteiger partial charge on any atom is -0.463 e. The zero-order chi connectivity index (χ0) is 23.8. The fourth-order valence-corrected chi connectivity index (χ4v) is 3.15. The van der Waals surface area contributed by atoms with Gasteiger partial charge >= 0.3 is 17.9 Å². The maximum Gasteiger partial charge on any atom is 0.303 e. The van der Waals surface area contributed by atoms with Crippen molar-refractivity contribution in [2.75, 3.05) is 6.61 Å². The molecule has 0 aromatic heterocycles. The largest absolute Gasteiger partial charge is 0.463 e. The molecule has 1 amide bonds. The van der Waals surface area contributed by atoms with E-state index in [4.69, 9.17) is 23.7 Å². The molecular weight excluding hydrogens is 426 g/mol. The Labute approximate surface area is 184 Å². The lowest BCUT2D eigenvalue weighted by atomic mass is 9.96. The summed E-state index contributed by atoms with van der Waals surface area (Å²) >= 11 is 0. The molecule has 1 aliphatic rings. The smallest absolute Gasteiger partial charge is 0.303 e. The van der Waals surface area contributed by atoms with Crippen molar-refractivity contribution in [3.05, 3.63) is 29.8 Å². The molecule has 1 N–H and O–H groups in total. The van der Waals surface area contributed by atoms with Gasteiger partial charge in [0.1, 0.15) is 30.8 Å². The van der Waals surface area contributed by atoms with Crippen molar-refractivity contribution in [2.45, 2.75) is 58.3 Å². The van der Waals surface area contributed by atoms with Gasteiger partial charge < -0.3 is 29.0 Å². The first kappa shape index (κ1) is 24.8. The number of carbonyl (C=O) groups is 5. The van der Waals surface area contributed by atoms with E-state index in [0.29, 0.717) is 11.8 Å². The maximum absolute atomic E-state index is 11.9. The van der Waals surface area contributed by atoms with Crippen LogP contribution in [0, 0.1) is 0 Å². The van der Waals surface area contributed by atoms with Crippen LogP contribution in [0.2, 0.25) is 0 Å². The molecule has 1 aromatic rings. The number of hydrogen-bond donors (Lipinski definition) is 1. The first-order valence-corrected chi connectivity index (χ1v) is 9.73. The van der Waals surface area contributed by atoms with Crippen LogP contribution in [0.5, 0.6) is 5.75 Å². The van der Waals surface area contributed by atoms with E-state index in [0.717, 1.165) is 13.8 Å². The number of rotatable bonds is 8. The second kappa shape index (κ2) is 11.2. The molecule has 174 valence electrons. The molecule has 0 aliphatic carbocycles. The highest BCUT2D eigenvalue weighted by Crippen LogP contribution is 2.29. The van der Waals surface area contributed by atoms with E-state index in [1.807, 2.05) is 0 Å². The van der Waals surface area contributed by atoms with Crippen LogP contribution in [0.3, 0.4) is 0 Å². The van der Waals surface area contributed by atoms with E-state index in [-0.39, 0.29) is 12.4 Å². The highest BCUT2D eigenvalue weighted by Gasteiger charge is 2.51. The molecule has 1 heterocycles. The molecule has 11 heteroatoms. The Bertz CT molecular complexity index is 853. The molecule has 32 heavy (non-hydrogen) atoms. The minimum absolute atomic E-state index is 0.287. The number of esters is 3. The maximum atomic E-state index is 11.9. The van der Waals surface area contributed by atoms with Crippen LogP contribution in [0.25, 0.3) is 0 Å². The lowest BCUT2D eigenvalue weighted by Gasteiger charge is -2.44. The zero-order valence-electron chi connectivity index (χ0n) is 18.1. The summed E-state index contributed by atoms with van der Waals surface area (Å²) in [5.74, 6) is -2.21. The first-order valence-electron chi connectivity index (χ1n) is 9.73. The van der Waals surface area contributed by atoms with Crippen molar-refractivity contribution in [1.29, 1.82) is 0 Å². The van der Waals surface area contributed by atoms with Crippen molar-refractivity contribution >= 4 is 30.1 Å². The van der Waals surface area contributed by atoms with Gasteiger partial charge in [0.25, 0.3) is 0 Å². The lowest BCUT2D eigenvalue weighted by molar-refractivity contribution is -0.257. The number of carbonyl (C=O) groups excluding carboxylic acids is 5. The van der Waals surface area contributed by atoms with Crippen LogP contribution in [0.4, 0.5) is 0 Å². The summed E-state index contributed by atoms with van der Waals surface area (Å²) in [6.07, 6.45) is -4.05. The van der Waals surface area contributed by atoms with Gasteiger partial charge in [0.05, 0.1) is 0 Å². The van der Waals surface area contributed by atoms with Crippen LogP contribution in [-0.2, 0) is 38.1 Å². The fraction of sp³-hybridized carbons (Fsp3) is 0.476. The predicted octanol–water partition coefficient (Wildman–Crippen LogP) is 0.534. The number of amides is 1. The zero-order valence-corrected chi connectivity index (χ0v) is 18.1. The molecular formula is C21H25NO10. The lowest BCUT2D eigenvalue weighted by Crippen LogP contribution is -2.67. The van der Waals surface area contributed by atoms with Gasteiger partial charge in [-0.3, -0.25) is 24.0 Å². The third-order valence-corrected chi connectivity index (χ3v) is 4.34. The predicted molar refractivity (Wildman–Crippen MR) is 106 cm³/mol. The Kier molecular flexibility index (Phi) is 8.71. The van der Waals surface area contributed by atoms with E-state index in [2.05, 4.69) is 5.32 Å². The number of ether oxygens (including phenoxy) is 5. The molecule has 0 saturated carbocycles. The fourth-order valence-electron chi connectivity index (χ4n) is 3.15. The molecule has 11 nitrogen and oxygen atoms in total. The quantitative estimate of drug-likeness (QED) is 0.338. The van der Waals surface area contributed by atoms with Crippen LogP contribution < -0.4 is 10.1 Å². The topological polar surface area (TPSA) is 144 Å². The number of benzene rings is 1. The second-order valence-electron chi connectivity index (χ2n) is 7.02. The SMILES string of the molecule is CC(=O)N[C@@H]1[C@@H](Oc2ccc(C=O)cc2)O[C@@H](COC(C)=O)[C@H](OC(C)=O)[C@H]1OC(C)=O. The van der Waals surface area contributed by atoms with Crippen LogP contribution in [-0.4, -0.2) is 67.4 Å². The highest BCUT2D eigenvalue weighted by atomic mass is 16.7. The molecule has 2 rings (SSSR count). The van der Waals surface area contributed by atoms with Gasteiger partial charge in [-0.25, -0.2) is 0 Å². The normalized spacial score (nSPS) is 24.6. The Balaban J connectivity index is 2.43. The van der Waals surface area contributed by atoms with Crippen molar-refractivity contribution in [1.82, 2.24) is 5.32 Å². The second-order valence-corrected chi connectivity index (χ2v) is 7.02. The van der Waals surface area contributed by atoms with Crippen molar-refractivity contribution in [3.8, 4) is 5.75 Å². The summed E-state index contributed by atoms with van der Waals surface area (Å²) in [5.41, 5.74) is 0.417. The summed E-state index contributed by atoms with van der Waals surface area (Å²) in [6.45, 7) is 4.41. The van der Waals surface area contributed by atoms with E-state index < -0.39 is 54.5 Å². The minimum atomic E-state index is -1.22. The van der Waals surface area contributed by atoms with Gasteiger partial charge in [-0.2, -0.15) is 0 Å². The summed E-state index contributed by atoms with van der Waals surface area (Å²) in [4.78, 5) is 57.6. The van der Waals surface area contributed by atoms with E-state index in [1.54, 1.807) is 0 Å². The van der Waals surface area contributed by atoms with E-state index in [9.17, 15) is 24.0 Å². The number of nitrogens with one attached hydrogen (secondary N) is 1. The molecule has 1 aliphatic heterocycles. The van der Waals surface area contributed by atoms with Gasteiger partial charge in [0.2, 0.25) is 12.2 Å². The Morgan fingerprint density at radius 1 is 0.938 bits per heavy atom. The van der Waals surface area contributed by atoms with Gasteiger partial charge in [-0.1, -0.05) is 0 Å². The third kappa shape index (κ3) is 7.05. The highest BCUT2D eigenvalue weighted by molar-refractivity contribution is 5.75. The van der Waals surface area contributed by atoms with Crippen LogP contribution in [0.1, 0.15) is 38.1 Å². The Morgan fingerprint density at radius 2 is 1.53 bits per heavy atom. The molecule has 0 bridgehead atoms. The molecule has 1 aromatic carbocycles. The Hall–Kier alpha value is -3.47. The molecule has 1 saturated heterocycles. The molecule has 1 fully saturated rings.